The molecule has 6 heteroatoms. The summed E-state index contributed by atoms with van der Waals surface area (Å²) < 4.78 is 5.16. The fourth-order valence-corrected chi connectivity index (χ4v) is 1.70. The van der Waals surface area contributed by atoms with Crippen molar-refractivity contribution >= 4 is 0 Å². The quantitative estimate of drug-likeness (QED) is 0.802. The fraction of sp³-hybridized carbons (Fsp3) is 0.400. The van der Waals surface area contributed by atoms with Crippen molar-refractivity contribution in [2.75, 3.05) is 0 Å². The molecule has 0 aromatic carbocycles. The molecule has 0 aliphatic heterocycles. The zero-order valence-corrected chi connectivity index (χ0v) is 8.63. The van der Waals surface area contributed by atoms with E-state index < -0.39 is 5.54 Å². The zero-order valence-electron chi connectivity index (χ0n) is 8.63. The second-order valence-electron chi connectivity index (χ2n) is 4.01. The average Bonchev–Trinajstić information content (AvgIpc) is 2.77. The van der Waals surface area contributed by atoms with Gasteiger partial charge in [-0.25, -0.2) is 9.97 Å². The molecule has 0 saturated heterocycles. The van der Waals surface area contributed by atoms with Gasteiger partial charge in [0, 0.05) is 12.4 Å². The molecule has 0 bridgehead atoms. The lowest BCUT2D eigenvalue weighted by molar-refractivity contribution is 0.181. The van der Waals surface area contributed by atoms with Crippen LogP contribution in [0.15, 0.2) is 23.0 Å². The van der Waals surface area contributed by atoms with Gasteiger partial charge in [-0.15, -0.1) is 0 Å². The van der Waals surface area contributed by atoms with Crippen LogP contribution in [0.4, 0.5) is 0 Å². The number of nitrogens with zero attached hydrogens (tertiary/aromatic N) is 4. The Morgan fingerprint density at radius 3 is 2.56 bits per heavy atom. The van der Waals surface area contributed by atoms with E-state index in [1.54, 1.807) is 18.5 Å². The predicted molar refractivity (Wildman–Crippen MR) is 55.0 cm³/mol. The van der Waals surface area contributed by atoms with Crippen molar-refractivity contribution in [3.63, 3.8) is 0 Å². The minimum absolute atomic E-state index is 0.396. The lowest BCUT2D eigenvalue weighted by atomic mass is 9.78. The summed E-state index contributed by atoms with van der Waals surface area (Å²) in [6.07, 6.45) is 6.17. The summed E-state index contributed by atoms with van der Waals surface area (Å²) in [5.41, 5.74) is 5.65. The molecular formula is C10H11N5O. The number of aromatic nitrogens is 4. The Kier molecular flexibility index (Phi) is 1.97. The van der Waals surface area contributed by atoms with Gasteiger partial charge in [0.1, 0.15) is 0 Å². The molecule has 1 saturated carbocycles. The Labute approximate surface area is 91.9 Å². The van der Waals surface area contributed by atoms with Crippen LogP contribution in [0.1, 0.15) is 25.2 Å². The summed E-state index contributed by atoms with van der Waals surface area (Å²) in [6, 6.07) is 1.74. The molecule has 0 radical (unpaired) electrons. The molecule has 3 rings (SSSR count). The van der Waals surface area contributed by atoms with Gasteiger partial charge < -0.3 is 10.3 Å². The van der Waals surface area contributed by atoms with Crippen LogP contribution in [0.5, 0.6) is 0 Å². The van der Waals surface area contributed by atoms with E-state index in [-0.39, 0.29) is 0 Å². The van der Waals surface area contributed by atoms with Crippen molar-refractivity contribution in [3.05, 3.63) is 24.4 Å². The molecule has 2 heterocycles. The fourth-order valence-electron chi connectivity index (χ4n) is 1.70. The van der Waals surface area contributed by atoms with Crippen molar-refractivity contribution in [3.8, 4) is 11.6 Å². The minimum atomic E-state index is -0.431. The molecule has 16 heavy (non-hydrogen) atoms. The van der Waals surface area contributed by atoms with E-state index in [9.17, 15) is 0 Å². The van der Waals surface area contributed by atoms with E-state index >= 15 is 0 Å². The van der Waals surface area contributed by atoms with Gasteiger partial charge in [-0.3, -0.25) is 0 Å². The van der Waals surface area contributed by atoms with Crippen molar-refractivity contribution in [1.29, 1.82) is 0 Å². The SMILES string of the molecule is NC1(c2nc(-c3ncccn3)no2)CCC1. The highest BCUT2D eigenvalue weighted by Crippen LogP contribution is 2.37. The first-order chi connectivity index (χ1) is 7.78. The Morgan fingerprint density at radius 1 is 1.19 bits per heavy atom. The summed E-state index contributed by atoms with van der Waals surface area (Å²) >= 11 is 0. The third kappa shape index (κ3) is 1.38. The third-order valence-electron chi connectivity index (χ3n) is 2.86. The normalized spacial score (nSPS) is 18.1. The molecule has 0 amide bonds. The highest BCUT2D eigenvalue weighted by Gasteiger charge is 2.40. The van der Waals surface area contributed by atoms with Gasteiger partial charge in [-0.2, -0.15) is 4.98 Å². The van der Waals surface area contributed by atoms with E-state index in [0.717, 1.165) is 19.3 Å². The van der Waals surface area contributed by atoms with E-state index in [1.807, 2.05) is 0 Å². The summed E-state index contributed by atoms with van der Waals surface area (Å²) in [7, 11) is 0. The van der Waals surface area contributed by atoms with E-state index in [4.69, 9.17) is 10.3 Å². The van der Waals surface area contributed by atoms with Crippen LogP contribution >= 0.6 is 0 Å². The van der Waals surface area contributed by atoms with Crippen LogP contribution in [0.3, 0.4) is 0 Å². The van der Waals surface area contributed by atoms with Crippen molar-refractivity contribution in [2.24, 2.45) is 5.73 Å². The van der Waals surface area contributed by atoms with Crippen LogP contribution in [0.25, 0.3) is 11.6 Å². The molecule has 1 aliphatic carbocycles. The number of nitrogens with two attached hydrogens (primary N) is 1. The smallest absolute Gasteiger partial charge is 0.247 e. The maximum atomic E-state index is 6.08. The summed E-state index contributed by atoms with van der Waals surface area (Å²) in [6.45, 7) is 0. The minimum Gasteiger partial charge on any atom is -0.337 e. The molecule has 6 nitrogen and oxygen atoms in total. The Balaban J connectivity index is 1.94. The molecule has 0 spiro atoms. The van der Waals surface area contributed by atoms with Gasteiger partial charge in [0.2, 0.25) is 17.5 Å². The largest absolute Gasteiger partial charge is 0.337 e. The molecule has 0 unspecified atom stereocenters. The molecule has 82 valence electrons. The highest BCUT2D eigenvalue weighted by atomic mass is 16.5. The summed E-state index contributed by atoms with van der Waals surface area (Å²) in [5, 5.41) is 3.84. The van der Waals surface area contributed by atoms with Crippen LogP contribution in [0, 0.1) is 0 Å². The lowest BCUT2D eigenvalue weighted by Crippen LogP contribution is -2.43. The summed E-state index contributed by atoms with van der Waals surface area (Å²) in [4.78, 5) is 12.3. The van der Waals surface area contributed by atoms with Crippen LogP contribution in [-0.4, -0.2) is 20.1 Å². The van der Waals surface area contributed by atoms with Crippen LogP contribution in [-0.2, 0) is 5.54 Å². The lowest BCUT2D eigenvalue weighted by Gasteiger charge is -2.33. The summed E-state index contributed by atoms with van der Waals surface area (Å²) in [5.74, 6) is 1.34. The van der Waals surface area contributed by atoms with Gasteiger partial charge in [0.25, 0.3) is 0 Å². The molecule has 2 N–H and O–H groups in total. The molecule has 2 aromatic heterocycles. The molecule has 0 atom stereocenters. The van der Waals surface area contributed by atoms with Crippen molar-refractivity contribution in [1.82, 2.24) is 20.1 Å². The second-order valence-corrected chi connectivity index (χ2v) is 4.01. The molecular weight excluding hydrogens is 206 g/mol. The highest BCUT2D eigenvalue weighted by molar-refractivity contribution is 5.40. The van der Waals surface area contributed by atoms with Gasteiger partial charge in [0.15, 0.2) is 0 Å². The molecule has 1 fully saturated rings. The number of rotatable bonds is 2. The average molecular weight is 217 g/mol. The van der Waals surface area contributed by atoms with Crippen LogP contribution in [0.2, 0.25) is 0 Å². The van der Waals surface area contributed by atoms with Crippen molar-refractivity contribution < 1.29 is 4.52 Å². The molecule has 2 aromatic rings. The molecule has 1 aliphatic rings. The van der Waals surface area contributed by atoms with Gasteiger partial charge in [-0.05, 0) is 25.3 Å². The Bertz CT molecular complexity index is 491. The standard InChI is InChI=1S/C10H11N5O/c11-10(3-1-4-10)9-14-8(15-16-9)7-12-5-2-6-13-7/h2,5-6H,1,3-4,11H2. The van der Waals surface area contributed by atoms with Crippen LogP contribution < -0.4 is 5.73 Å². The van der Waals surface area contributed by atoms with Gasteiger partial charge in [0.05, 0.1) is 5.54 Å². The first-order valence-electron chi connectivity index (χ1n) is 5.18. The van der Waals surface area contributed by atoms with Gasteiger partial charge >= 0.3 is 0 Å². The first kappa shape index (κ1) is 9.41. The van der Waals surface area contributed by atoms with Crippen molar-refractivity contribution in [2.45, 2.75) is 24.8 Å². The Hall–Kier alpha value is -1.82. The number of hydrogen-bond acceptors (Lipinski definition) is 6. The maximum Gasteiger partial charge on any atom is 0.247 e. The van der Waals surface area contributed by atoms with Gasteiger partial charge in [-0.1, -0.05) is 5.16 Å². The maximum absolute atomic E-state index is 6.08. The number of hydrogen-bond donors (Lipinski definition) is 1. The Morgan fingerprint density at radius 2 is 1.94 bits per heavy atom. The second kappa shape index (κ2) is 3.34. The predicted octanol–water partition coefficient (Wildman–Crippen LogP) is 0.865. The first-order valence-corrected chi connectivity index (χ1v) is 5.18. The zero-order chi connectivity index (χ0) is 11.0. The van der Waals surface area contributed by atoms with E-state index in [1.165, 1.54) is 0 Å². The third-order valence-corrected chi connectivity index (χ3v) is 2.86. The van der Waals surface area contributed by atoms with E-state index in [0.29, 0.717) is 17.5 Å². The monoisotopic (exact) mass is 217 g/mol. The topological polar surface area (TPSA) is 90.7 Å². The van der Waals surface area contributed by atoms with E-state index in [2.05, 4.69) is 20.1 Å².